The summed E-state index contributed by atoms with van der Waals surface area (Å²) in [7, 11) is 0. The van der Waals surface area contributed by atoms with Gasteiger partial charge in [-0.05, 0) is 23.7 Å². The molecule has 0 aromatic carbocycles. The van der Waals surface area contributed by atoms with E-state index in [-0.39, 0.29) is 10.7 Å². The van der Waals surface area contributed by atoms with Crippen molar-refractivity contribution < 1.29 is 9.52 Å². The monoisotopic (exact) mass is 199 g/mol. The predicted molar refractivity (Wildman–Crippen MR) is 48.9 cm³/mol. The largest absolute Gasteiger partial charge is 0.492 e. The minimum Gasteiger partial charge on any atom is -0.492 e. The van der Waals surface area contributed by atoms with E-state index in [2.05, 4.69) is 4.98 Å². The first-order chi connectivity index (χ1) is 5.77. The molecule has 0 aliphatic heterocycles. The van der Waals surface area contributed by atoms with Crippen LogP contribution in [-0.2, 0) is 0 Å². The van der Waals surface area contributed by atoms with Gasteiger partial charge in [-0.2, -0.15) is 0 Å². The third-order valence-corrected chi connectivity index (χ3v) is 2.43. The lowest BCUT2D eigenvalue weighted by atomic mass is 10.4. The second-order valence-corrected chi connectivity index (χ2v) is 3.49. The predicted octanol–water partition coefficient (Wildman–Crippen LogP) is 2.77. The lowest BCUT2D eigenvalue weighted by molar-refractivity contribution is 0.453. The van der Waals surface area contributed by atoms with Crippen LogP contribution in [-0.4, -0.2) is 10.1 Å². The van der Waals surface area contributed by atoms with Crippen molar-refractivity contribution >= 4 is 23.6 Å². The van der Waals surface area contributed by atoms with Crippen LogP contribution in [0, 0.1) is 4.84 Å². The zero-order valence-electron chi connectivity index (χ0n) is 5.90. The molecule has 5 heteroatoms. The van der Waals surface area contributed by atoms with Gasteiger partial charge < -0.3 is 9.52 Å². The molecule has 0 radical (unpaired) electrons. The average molecular weight is 199 g/mol. The SMILES string of the molecule is Oc1[nH]c(=S)oc1-c1cccs1. The summed E-state index contributed by atoms with van der Waals surface area (Å²) in [6.45, 7) is 0. The normalized spacial score (nSPS) is 10.3. The van der Waals surface area contributed by atoms with E-state index in [1.807, 2.05) is 17.5 Å². The number of oxazole rings is 1. The molecule has 0 aliphatic carbocycles. The number of H-pyrrole nitrogens is 1. The molecule has 0 aliphatic rings. The van der Waals surface area contributed by atoms with Crippen LogP contribution < -0.4 is 0 Å². The van der Waals surface area contributed by atoms with E-state index >= 15 is 0 Å². The maximum Gasteiger partial charge on any atom is 0.269 e. The molecular formula is C7H5NO2S2. The number of hydrogen-bond donors (Lipinski definition) is 2. The molecule has 0 spiro atoms. The van der Waals surface area contributed by atoms with Gasteiger partial charge in [-0.1, -0.05) is 6.07 Å². The van der Waals surface area contributed by atoms with Gasteiger partial charge in [0.15, 0.2) is 0 Å². The van der Waals surface area contributed by atoms with E-state index in [1.165, 1.54) is 11.3 Å². The average Bonchev–Trinajstić information content (AvgIpc) is 2.58. The summed E-state index contributed by atoms with van der Waals surface area (Å²) in [5.74, 6) is 0.400. The van der Waals surface area contributed by atoms with Crippen LogP contribution in [0.2, 0.25) is 0 Å². The Labute approximate surface area is 77.3 Å². The fourth-order valence-corrected chi connectivity index (χ4v) is 1.78. The van der Waals surface area contributed by atoms with Crippen LogP contribution in [0.25, 0.3) is 10.6 Å². The maximum absolute atomic E-state index is 9.29. The number of rotatable bonds is 1. The highest BCUT2D eigenvalue weighted by molar-refractivity contribution is 7.71. The number of thiophene rings is 1. The second-order valence-electron chi connectivity index (χ2n) is 2.17. The van der Waals surface area contributed by atoms with E-state index in [9.17, 15) is 5.11 Å². The summed E-state index contributed by atoms with van der Waals surface area (Å²) >= 11 is 6.20. The second kappa shape index (κ2) is 2.76. The van der Waals surface area contributed by atoms with Gasteiger partial charge in [-0.25, -0.2) is 0 Å². The number of hydrogen-bond acceptors (Lipinski definition) is 4. The van der Waals surface area contributed by atoms with Crippen LogP contribution in [0.1, 0.15) is 0 Å². The van der Waals surface area contributed by atoms with Crippen molar-refractivity contribution in [2.75, 3.05) is 0 Å². The summed E-state index contributed by atoms with van der Waals surface area (Å²) in [6.07, 6.45) is 0. The molecule has 0 atom stereocenters. The van der Waals surface area contributed by atoms with Crippen LogP contribution in [0.15, 0.2) is 21.9 Å². The number of aromatic hydroxyl groups is 1. The molecular weight excluding hydrogens is 194 g/mol. The van der Waals surface area contributed by atoms with Crippen molar-refractivity contribution in [3.8, 4) is 16.5 Å². The van der Waals surface area contributed by atoms with Crippen molar-refractivity contribution in [1.82, 2.24) is 4.98 Å². The van der Waals surface area contributed by atoms with Gasteiger partial charge in [0.1, 0.15) is 0 Å². The van der Waals surface area contributed by atoms with Crippen LogP contribution >= 0.6 is 23.6 Å². The molecule has 0 unspecified atom stereocenters. The molecule has 3 nitrogen and oxygen atoms in total. The smallest absolute Gasteiger partial charge is 0.269 e. The van der Waals surface area contributed by atoms with E-state index in [4.69, 9.17) is 16.6 Å². The number of aromatic amines is 1. The number of aromatic nitrogens is 1. The molecule has 2 aromatic rings. The molecule has 12 heavy (non-hydrogen) atoms. The van der Waals surface area contributed by atoms with Crippen molar-refractivity contribution in [3.05, 3.63) is 22.4 Å². The molecule has 0 saturated heterocycles. The molecule has 0 fully saturated rings. The summed E-state index contributed by atoms with van der Waals surface area (Å²) in [5, 5.41) is 11.2. The first kappa shape index (κ1) is 7.57. The Hall–Kier alpha value is -1.07. The highest BCUT2D eigenvalue weighted by Crippen LogP contribution is 2.31. The highest BCUT2D eigenvalue weighted by atomic mass is 32.1. The lowest BCUT2D eigenvalue weighted by Crippen LogP contribution is -1.65. The fraction of sp³-hybridized carbons (Fsp3) is 0. The van der Waals surface area contributed by atoms with Gasteiger partial charge in [0.25, 0.3) is 4.84 Å². The van der Waals surface area contributed by atoms with Crippen molar-refractivity contribution in [2.45, 2.75) is 0 Å². The van der Waals surface area contributed by atoms with E-state index in [1.54, 1.807) is 0 Å². The Bertz CT molecular complexity index is 426. The van der Waals surface area contributed by atoms with Gasteiger partial charge in [-0.3, -0.25) is 4.98 Å². The summed E-state index contributed by atoms with van der Waals surface area (Å²) in [5.41, 5.74) is 0. The van der Waals surface area contributed by atoms with Gasteiger partial charge in [0, 0.05) is 0 Å². The molecule has 62 valence electrons. The maximum atomic E-state index is 9.29. The molecule has 0 amide bonds. The summed E-state index contributed by atoms with van der Waals surface area (Å²) in [4.78, 5) is 3.56. The van der Waals surface area contributed by atoms with Crippen LogP contribution in [0.4, 0.5) is 0 Å². The molecule has 2 heterocycles. The van der Waals surface area contributed by atoms with Gasteiger partial charge in [0.2, 0.25) is 11.6 Å². The fourth-order valence-electron chi connectivity index (χ4n) is 0.895. The summed E-state index contributed by atoms with van der Waals surface area (Å²) in [6, 6.07) is 3.73. The molecule has 0 saturated carbocycles. The Morgan fingerprint density at radius 1 is 1.58 bits per heavy atom. The molecule has 2 N–H and O–H groups in total. The highest BCUT2D eigenvalue weighted by Gasteiger charge is 2.09. The third kappa shape index (κ3) is 1.17. The molecule has 2 aromatic heterocycles. The van der Waals surface area contributed by atoms with Crippen LogP contribution in [0.3, 0.4) is 0 Å². The van der Waals surface area contributed by atoms with Gasteiger partial charge in [-0.15, -0.1) is 11.3 Å². The summed E-state index contributed by atoms with van der Waals surface area (Å²) < 4.78 is 5.08. The lowest BCUT2D eigenvalue weighted by Gasteiger charge is -1.87. The minimum absolute atomic E-state index is 0.0116. The first-order valence-corrected chi connectivity index (χ1v) is 4.52. The minimum atomic E-state index is -0.0116. The zero-order valence-corrected chi connectivity index (χ0v) is 7.54. The van der Waals surface area contributed by atoms with E-state index in [0.717, 1.165) is 4.88 Å². The number of nitrogens with one attached hydrogen (secondary N) is 1. The standard InChI is InChI=1S/C7H5NO2S2/c9-6-5(10-7(11)8-6)4-2-1-3-12-4/h1-3,9H,(H,8,11). The van der Waals surface area contributed by atoms with Crippen molar-refractivity contribution in [2.24, 2.45) is 0 Å². The topological polar surface area (TPSA) is 49.2 Å². The van der Waals surface area contributed by atoms with Gasteiger partial charge >= 0.3 is 0 Å². The first-order valence-electron chi connectivity index (χ1n) is 3.23. The Morgan fingerprint density at radius 3 is 2.92 bits per heavy atom. The van der Waals surface area contributed by atoms with Gasteiger partial charge in [0.05, 0.1) is 4.88 Å². The zero-order chi connectivity index (χ0) is 8.55. The van der Waals surface area contributed by atoms with E-state index < -0.39 is 0 Å². The molecule has 0 bridgehead atoms. The van der Waals surface area contributed by atoms with E-state index in [0.29, 0.717) is 5.76 Å². The molecule has 2 rings (SSSR count). The Morgan fingerprint density at radius 2 is 2.42 bits per heavy atom. The Balaban J connectivity index is 2.61. The van der Waals surface area contributed by atoms with Crippen molar-refractivity contribution in [3.63, 3.8) is 0 Å². The Kier molecular flexibility index (Phi) is 1.74. The quantitative estimate of drug-likeness (QED) is 0.694. The van der Waals surface area contributed by atoms with Crippen LogP contribution in [0.5, 0.6) is 5.88 Å². The third-order valence-electron chi connectivity index (χ3n) is 1.38. The van der Waals surface area contributed by atoms with Crippen molar-refractivity contribution in [1.29, 1.82) is 0 Å².